The van der Waals surface area contributed by atoms with Gasteiger partial charge in [0.2, 0.25) is 0 Å². The van der Waals surface area contributed by atoms with Crippen LogP contribution in [0, 0.1) is 17.0 Å². The van der Waals surface area contributed by atoms with E-state index in [-0.39, 0.29) is 39.6 Å². The second-order valence-corrected chi connectivity index (χ2v) is 15.5. The van der Waals surface area contributed by atoms with Crippen molar-refractivity contribution < 1.29 is 65.1 Å². The summed E-state index contributed by atoms with van der Waals surface area (Å²) >= 11 is 12.9. The van der Waals surface area contributed by atoms with Gasteiger partial charge < -0.3 is 34.6 Å². The van der Waals surface area contributed by atoms with Crippen LogP contribution in [0.1, 0.15) is 64.9 Å². The number of nitrogens with one attached hydrogen (secondary N) is 1. The number of ether oxygens (including phenoxy) is 4. The summed E-state index contributed by atoms with van der Waals surface area (Å²) < 4.78 is 81.6. The molecule has 3 saturated heterocycles. The minimum atomic E-state index is -5.08. The number of aliphatic carboxylic acids is 1. The summed E-state index contributed by atoms with van der Waals surface area (Å²) in [4.78, 5) is 38.9. The maximum Gasteiger partial charge on any atom is 0.490 e. The van der Waals surface area contributed by atoms with E-state index in [9.17, 15) is 36.7 Å². The van der Waals surface area contributed by atoms with Gasteiger partial charge in [0, 0.05) is 24.2 Å². The van der Waals surface area contributed by atoms with Crippen LogP contribution in [0.4, 0.5) is 27.6 Å². The number of hydrogen-bond acceptors (Lipinski definition) is 10. The summed E-state index contributed by atoms with van der Waals surface area (Å²) in [7, 11) is 0. The number of carboxylic acids is 1. The van der Waals surface area contributed by atoms with Gasteiger partial charge in [-0.2, -0.15) is 26.7 Å². The normalized spacial score (nSPS) is 19.2. The first-order valence-electron chi connectivity index (χ1n) is 19.2. The number of piperidine rings is 3. The highest BCUT2D eigenvalue weighted by molar-refractivity contribution is 6.35. The van der Waals surface area contributed by atoms with E-state index in [2.05, 4.69) is 10.2 Å². The van der Waals surface area contributed by atoms with Crippen LogP contribution in [0.2, 0.25) is 10.0 Å². The van der Waals surface area contributed by atoms with Gasteiger partial charge in [0.1, 0.15) is 22.3 Å². The quantitative estimate of drug-likeness (QED) is 0.0511. The molecule has 326 valence electrons. The van der Waals surface area contributed by atoms with Crippen LogP contribution in [-0.2, 0) is 25.5 Å². The maximum absolute atomic E-state index is 13.9. The molecule has 0 spiro atoms. The Bertz CT molecular complexity index is 2150. The second kappa shape index (κ2) is 20.0. The van der Waals surface area contributed by atoms with Crippen molar-refractivity contribution in [2.75, 3.05) is 31.6 Å². The standard InChI is InChI=1S/C40H39Cl2F2N3O7.C2HF3O2/c41-31-20-47(50)21-32(42)30(31)19-34(27-11-12-33(54-40(43)44)35(18-27)51-23-24-9-10-24)52-38(48)28-7-4-8-29(17-28)45-37(26-5-2-1-3-6-26)39(49)53-36-22-46-15-13-25(36)14-16-46;3-2(4,5)1(6)7/h1-8,11-12,17-18,20-21,24-25,34,36-37,40,45H,9-10,13-16,19,22-23H2;(H,6,7)/t34-,36-,37?;/m0./s1. The Morgan fingerprint density at radius 1 is 0.902 bits per heavy atom. The van der Waals surface area contributed by atoms with Gasteiger partial charge in [-0.3, -0.25) is 4.90 Å². The molecule has 19 heteroatoms. The third kappa shape index (κ3) is 12.6. The Morgan fingerprint density at radius 3 is 2.16 bits per heavy atom. The molecule has 12 nitrogen and oxygen atoms in total. The van der Waals surface area contributed by atoms with Crippen molar-refractivity contribution in [2.45, 2.75) is 63.1 Å². The van der Waals surface area contributed by atoms with Crippen molar-refractivity contribution in [1.29, 1.82) is 0 Å². The Morgan fingerprint density at radius 2 is 1.57 bits per heavy atom. The minimum absolute atomic E-state index is 0.0460. The predicted octanol–water partition coefficient (Wildman–Crippen LogP) is 8.58. The monoisotopic (exact) mass is 895 g/mol. The van der Waals surface area contributed by atoms with Gasteiger partial charge in [-0.05, 0) is 92.1 Å². The number of anilines is 1. The smallest absolute Gasteiger partial charge is 0.490 e. The molecule has 0 amide bonds. The third-order valence-corrected chi connectivity index (χ3v) is 11.0. The van der Waals surface area contributed by atoms with Crippen LogP contribution in [0.5, 0.6) is 11.5 Å². The molecule has 1 aromatic heterocycles. The van der Waals surface area contributed by atoms with Crippen molar-refractivity contribution in [1.82, 2.24) is 4.90 Å². The van der Waals surface area contributed by atoms with Crippen LogP contribution in [0.25, 0.3) is 0 Å². The molecular formula is C42H40Cl2F5N3O9. The number of pyridine rings is 1. The number of benzene rings is 3. The number of carbonyl (C=O) groups is 3. The summed E-state index contributed by atoms with van der Waals surface area (Å²) in [5.74, 6) is -3.36. The zero-order valence-electron chi connectivity index (χ0n) is 32.2. The lowest BCUT2D eigenvalue weighted by molar-refractivity contribution is -0.605. The lowest BCUT2D eigenvalue weighted by atomic mass is 9.86. The molecular weight excluding hydrogens is 856 g/mol. The van der Waals surface area contributed by atoms with Gasteiger partial charge >= 0.3 is 30.7 Å². The fourth-order valence-electron chi connectivity index (χ4n) is 6.95. The Kier molecular flexibility index (Phi) is 14.8. The number of rotatable bonds is 15. The average molecular weight is 897 g/mol. The van der Waals surface area contributed by atoms with Crippen LogP contribution < -0.4 is 19.5 Å². The summed E-state index contributed by atoms with van der Waals surface area (Å²) in [6.07, 6.45) is -0.215. The first-order valence-corrected chi connectivity index (χ1v) is 19.9. The predicted molar refractivity (Wildman–Crippen MR) is 211 cm³/mol. The van der Waals surface area contributed by atoms with Gasteiger partial charge in [-0.1, -0.05) is 65.7 Å². The lowest BCUT2D eigenvalue weighted by Crippen LogP contribution is -2.52. The Balaban J connectivity index is 0.000000819. The van der Waals surface area contributed by atoms with Crippen molar-refractivity contribution in [2.24, 2.45) is 11.8 Å². The van der Waals surface area contributed by atoms with Crippen LogP contribution in [0.15, 0.2) is 85.2 Å². The number of carboxylic acid groups (broad SMARTS) is 1. The third-order valence-electron chi connectivity index (χ3n) is 10.3. The molecule has 1 unspecified atom stereocenters. The van der Waals surface area contributed by atoms with Crippen LogP contribution >= 0.6 is 23.2 Å². The highest BCUT2D eigenvalue weighted by Crippen LogP contribution is 2.38. The number of alkyl halides is 5. The fraction of sp³-hybridized carbons (Fsp3) is 0.381. The first-order chi connectivity index (χ1) is 29.0. The van der Waals surface area contributed by atoms with E-state index < -0.39 is 42.8 Å². The van der Waals surface area contributed by atoms with Crippen molar-refractivity contribution in [3.05, 3.63) is 123 Å². The van der Waals surface area contributed by atoms with Gasteiger partial charge in [0.05, 0.1) is 12.2 Å². The molecule has 3 aromatic carbocycles. The Labute approximate surface area is 356 Å². The molecule has 1 saturated carbocycles. The molecule has 8 rings (SSSR count). The number of hydrogen-bond donors (Lipinski definition) is 2. The SMILES string of the molecule is O=C(O)C(F)(F)F.O=C(O[C@@H](Cc1c(Cl)c[n+]([O-])cc1Cl)c1ccc(OC(F)F)c(OCC2CC2)c1)c1cccc(NC(C(=O)O[C@H]2CN3CCC2CC3)c2ccccc2)c1. The van der Waals surface area contributed by atoms with E-state index in [0.29, 0.717) is 52.1 Å². The molecule has 2 bridgehead atoms. The number of esters is 2. The van der Waals surface area contributed by atoms with E-state index in [1.165, 1.54) is 18.2 Å². The van der Waals surface area contributed by atoms with E-state index in [4.69, 9.17) is 52.1 Å². The summed E-state index contributed by atoms with van der Waals surface area (Å²) in [5, 5.41) is 22.5. The second-order valence-electron chi connectivity index (χ2n) is 14.7. The van der Waals surface area contributed by atoms with Crippen LogP contribution in [0.3, 0.4) is 0 Å². The molecule has 1 aliphatic carbocycles. The van der Waals surface area contributed by atoms with Gasteiger partial charge in [0.25, 0.3) is 0 Å². The van der Waals surface area contributed by atoms with E-state index in [1.54, 1.807) is 24.3 Å². The molecule has 61 heavy (non-hydrogen) atoms. The largest absolute Gasteiger partial charge is 0.619 e. The Hall–Kier alpha value is -5.39. The molecule has 0 radical (unpaired) electrons. The van der Waals surface area contributed by atoms with Crippen molar-refractivity contribution >= 4 is 46.8 Å². The first kappa shape index (κ1) is 45.1. The lowest BCUT2D eigenvalue weighted by Gasteiger charge is -2.44. The van der Waals surface area contributed by atoms with Crippen LogP contribution in [-0.4, -0.2) is 73.0 Å². The van der Waals surface area contributed by atoms with E-state index >= 15 is 0 Å². The summed E-state index contributed by atoms with van der Waals surface area (Å²) in [5.41, 5.74) is 2.05. The highest BCUT2D eigenvalue weighted by Gasteiger charge is 2.39. The fourth-order valence-corrected chi connectivity index (χ4v) is 7.55. The maximum atomic E-state index is 13.9. The molecule has 3 atom stereocenters. The zero-order valence-corrected chi connectivity index (χ0v) is 33.7. The minimum Gasteiger partial charge on any atom is -0.619 e. The topological polar surface area (TPSA) is 151 Å². The van der Waals surface area contributed by atoms with E-state index in [1.807, 2.05) is 30.3 Å². The van der Waals surface area contributed by atoms with Crippen molar-refractivity contribution in [3.63, 3.8) is 0 Å². The van der Waals surface area contributed by atoms with Gasteiger partial charge in [-0.25, -0.2) is 14.4 Å². The molecule has 4 aliphatic rings. The number of halogens is 7. The molecule has 4 fully saturated rings. The molecule has 4 heterocycles. The number of aromatic nitrogens is 1. The summed E-state index contributed by atoms with van der Waals surface area (Å²) in [6.45, 7) is -0.0281. The van der Waals surface area contributed by atoms with Crippen molar-refractivity contribution in [3.8, 4) is 11.5 Å². The molecule has 3 aliphatic heterocycles. The summed E-state index contributed by atoms with van der Waals surface area (Å²) in [6, 6.07) is 19.2. The van der Waals surface area contributed by atoms with E-state index in [0.717, 1.165) is 51.2 Å². The molecule has 4 aromatic rings. The van der Waals surface area contributed by atoms with Gasteiger partial charge in [-0.15, -0.1) is 0 Å². The number of fused-ring (bicyclic) bond motifs is 3. The zero-order chi connectivity index (χ0) is 43.8. The highest BCUT2D eigenvalue weighted by atomic mass is 35.5. The average Bonchev–Trinajstić information content (AvgIpc) is 4.06. The molecule has 2 N–H and O–H groups in total. The van der Waals surface area contributed by atoms with Gasteiger partial charge in [0.15, 0.2) is 29.9 Å². The number of nitrogens with zero attached hydrogens (tertiary/aromatic N) is 2. The number of carbonyl (C=O) groups excluding carboxylic acids is 2.